The fraction of sp³-hybridized carbons (Fsp3) is 0.278. The molecule has 1 heterocycles. The maximum atomic E-state index is 12.7. The molecular weight excluding hydrogens is 264 g/mol. The summed E-state index contributed by atoms with van der Waals surface area (Å²) in [5, 5.41) is 0. The number of epoxide rings is 1. The van der Waals surface area contributed by atoms with Gasteiger partial charge in [0, 0.05) is 5.56 Å². The van der Waals surface area contributed by atoms with Gasteiger partial charge in [-0.2, -0.15) is 0 Å². The Kier molecular flexibility index (Phi) is 3.76. The van der Waals surface area contributed by atoms with Gasteiger partial charge >= 0.3 is 0 Å². The summed E-state index contributed by atoms with van der Waals surface area (Å²) >= 11 is 0. The number of para-hydroxylation sites is 1. The van der Waals surface area contributed by atoms with Gasteiger partial charge < -0.3 is 9.47 Å². The van der Waals surface area contributed by atoms with Gasteiger partial charge in [0.25, 0.3) is 0 Å². The van der Waals surface area contributed by atoms with E-state index < -0.39 is 0 Å². The Labute approximate surface area is 124 Å². The van der Waals surface area contributed by atoms with Crippen LogP contribution in [0.2, 0.25) is 0 Å². The van der Waals surface area contributed by atoms with E-state index in [9.17, 15) is 4.79 Å². The number of carbonyl (C=O) groups is 1. The molecule has 3 rings (SSSR count). The van der Waals surface area contributed by atoms with Crippen LogP contribution < -0.4 is 4.74 Å². The standard InChI is InChI=1S/C18H18O3/c1-12-5-3-7-14(9-12)17(19)16-8-4-6-13(2)18(16)21-11-15-10-20-15/h3-9,15H,10-11H2,1-2H3. The van der Waals surface area contributed by atoms with Crippen LogP contribution in [0.15, 0.2) is 42.5 Å². The lowest BCUT2D eigenvalue weighted by Crippen LogP contribution is -2.10. The minimum atomic E-state index is -0.00545. The SMILES string of the molecule is Cc1cccc(C(=O)c2cccc(C)c2OCC2CO2)c1. The van der Waals surface area contributed by atoms with Crippen molar-refractivity contribution in [1.82, 2.24) is 0 Å². The molecule has 108 valence electrons. The van der Waals surface area contributed by atoms with E-state index in [0.717, 1.165) is 17.7 Å². The molecule has 1 saturated heterocycles. The molecule has 0 spiro atoms. The molecule has 1 aliphatic heterocycles. The van der Waals surface area contributed by atoms with Crippen LogP contribution in [0.4, 0.5) is 0 Å². The zero-order valence-electron chi connectivity index (χ0n) is 12.3. The van der Waals surface area contributed by atoms with Gasteiger partial charge in [0.1, 0.15) is 18.5 Å². The minimum absolute atomic E-state index is 0.00545. The first-order valence-electron chi connectivity index (χ1n) is 7.10. The molecule has 21 heavy (non-hydrogen) atoms. The van der Waals surface area contributed by atoms with Crippen LogP contribution in [0.3, 0.4) is 0 Å². The number of hydrogen-bond acceptors (Lipinski definition) is 3. The second kappa shape index (κ2) is 5.70. The Balaban J connectivity index is 1.92. The normalized spacial score (nSPS) is 16.6. The van der Waals surface area contributed by atoms with E-state index >= 15 is 0 Å². The molecule has 2 aromatic carbocycles. The molecule has 3 nitrogen and oxygen atoms in total. The van der Waals surface area contributed by atoms with Gasteiger partial charge in [-0.25, -0.2) is 0 Å². The summed E-state index contributed by atoms with van der Waals surface area (Å²) in [6, 6.07) is 13.3. The fourth-order valence-electron chi connectivity index (χ4n) is 2.31. The number of hydrogen-bond donors (Lipinski definition) is 0. The van der Waals surface area contributed by atoms with Crippen molar-refractivity contribution >= 4 is 5.78 Å². The number of carbonyl (C=O) groups excluding carboxylic acids is 1. The van der Waals surface area contributed by atoms with Gasteiger partial charge in [-0.05, 0) is 31.5 Å². The lowest BCUT2D eigenvalue weighted by atomic mass is 9.99. The summed E-state index contributed by atoms with van der Waals surface area (Å²) in [4.78, 5) is 12.7. The second-order valence-electron chi connectivity index (χ2n) is 5.42. The number of ether oxygens (including phenoxy) is 2. The number of aryl methyl sites for hydroxylation is 2. The predicted molar refractivity (Wildman–Crippen MR) is 81.0 cm³/mol. The Hall–Kier alpha value is -2.13. The molecule has 1 unspecified atom stereocenters. The molecule has 0 saturated carbocycles. The predicted octanol–water partition coefficient (Wildman–Crippen LogP) is 3.31. The zero-order valence-corrected chi connectivity index (χ0v) is 12.3. The zero-order chi connectivity index (χ0) is 14.8. The first-order valence-corrected chi connectivity index (χ1v) is 7.10. The van der Waals surface area contributed by atoms with Gasteiger partial charge in [0.15, 0.2) is 5.78 Å². The van der Waals surface area contributed by atoms with Crippen LogP contribution in [0.5, 0.6) is 5.75 Å². The molecule has 2 aromatic rings. The lowest BCUT2D eigenvalue weighted by molar-refractivity contribution is 0.103. The molecule has 0 N–H and O–H groups in total. The Morgan fingerprint density at radius 2 is 2.00 bits per heavy atom. The highest BCUT2D eigenvalue weighted by Gasteiger charge is 2.25. The van der Waals surface area contributed by atoms with Crippen LogP contribution in [0.25, 0.3) is 0 Å². The monoisotopic (exact) mass is 282 g/mol. The maximum Gasteiger partial charge on any atom is 0.196 e. The first-order chi connectivity index (χ1) is 10.1. The number of rotatable bonds is 5. The molecule has 3 heteroatoms. The van der Waals surface area contributed by atoms with E-state index in [2.05, 4.69) is 0 Å². The first kappa shape index (κ1) is 13.8. The van der Waals surface area contributed by atoms with E-state index in [0.29, 0.717) is 23.5 Å². The smallest absolute Gasteiger partial charge is 0.196 e. The average Bonchev–Trinajstić information content (AvgIpc) is 3.29. The van der Waals surface area contributed by atoms with Crippen LogP contribution in [-0.2, 0) is 4.74 Å². The van der Waals surface area contributed by atoms with Crippen molar-refractivity contribution in [3.05, 3.63) is 64.7 Å². The van der Waals surface area contributed by atoms with Gasteiger partial charge in [-0.15, -0.1) is 0 Å². The molecule has 0 aromatic heterocycles. The summed E-state index contributed by atoms with van der Waals surface area (Å²) in [6.45, 7) is 5.18. The number of ketones is 1. The second-order valence-corrected chi connectivity index (χ2v) is 5.42. The molecule has 0 radical (unpaired) electrons. The average molecular weight is 282 g/mol. The third kappa shape index (κ3) is 3.14. The maximum absolute atomic E-state index is 12.7. The summed E-state index contributed by atoms with van der Waals surface area (Å²) in [6.07, 6.45) is 0.173. The van der Waals surface area contributed by atoms with Crippen LogP contribution >= 0.6 is 0 Å². The molecular formula is C18H18O3. The van der Waals surface area contributed by atoms with E-state index in [1.165, 1.54) is 0 Å². The van der Waals surface area contributed by atoms with Crippen LogP contribution in [0.1, 0.15) is 27.0 Å². The van der Waals surface area contributed by atoms with Crippen molar-refractivity contribution in [2.75, 3.05) is 13.2 Å². The van der Waals surface area contributed by atoms with Gasteiger partial charge in [0.2, 0.25) is 0 Å². The van der Waals surface area contributed by atoms with Crippen molar-refractivity contribution in [2.24, 2.45) is 0 Å². The third-order valence-corrected chi connectivity index (χ3v) is 3.55. The lowest BCUT2D eigenvalue weighted by Gasteiger charge is -2.13. The molecule has 0 amide bonds. The Morgan fingerprint density at radius 1 is 1.24 bits per heavy atom. The van der Waals surface area contributed by atoms with Crippen molar-refractivity contribution in [1.29, 1.82) is 0 Å². The fourth-order valence-corrected chi connectivity index (χ4v) is 2.31. The quantitative estimate of drug-likeness (QED) is 0.624. The van der Waals surface area contributed by atoms with Crippen molar-refractivity contribution < 1.29 is 14.3 Å². The molecule has 0 bridgehead atoms. The van der Waals surface area contributed by atoms with Crippen LogP contribution in [0, 0.1) is 13.8 Å². The highest BCUT2D eigenvalue weighted by Crippen LogP contribution is 2.27. The highest BCUT2D eigenvalue weighted by atomic mass is 16.6. The molecule has 0 aliphatic carbocycles. The van der Waals surface area contributed by atoms with E-state index in [1.807, 2.05) is 56.3 Å². The molecule has 1 atom stereocenters. The number of benzene rings is 2. The van der Waals surface area contributed by atoms with E-state index in [4.69, 9.17) is 9.47 Å². The van der Waals surface area contributed by atoms with Gasteiger partial charge in [0.05, 0.1) is 12.2 Å². The highest BCUT2D eigenvalue weighted by molar-refractivity contribution is 6.11. The van der Waals surface area contributed by atoms with Gasteiger partial charge in [-0.3, -0.25) is 4.79 Å². The molecule has 1 aliphatic rings. The summed E-state index contributed by atoms with van der Waals surface area (Å²) in [5.74, 6) is 0.661. The summed E-state index contributed by atoms with van der Waals surface area (Å²) < 4.78 is 11.0. The Bertz CT molecular complexity index is 672. The van der Waals surface area contributed by atoms with E-state index in [1.54, 1.807) is 0 Å². The van der Waals surface area contributed by atoms with Crippen molar-refractivity contribution in [3.63, 3.8) is 0 Å². The molecule has 1 fully saturated rings. The van der Waals surface area contributed by atoms with E-state index in [-0.39, 0.29) is 11.9 Å². The van der Waals surface area contributed by atoms with Crippen molar-refractivity contribution in [2.45, 2.75) is 20.0 Å². The topological polar surface area (TPSA) is 38.8 Å². The van der Waals surface area contributed by atoms with Crippen molar-refractivity contribution in [3.8, 4) is 5.75 Å². The summed E-state index contributed by atoms with van der Waals surface area (Å²) in [5.41, 5.74) is 3.34. The largest absolute Gasteiger partial charge is 0.490 e. The summed E-state index contributed by atoms with van der Waals surface area (Å²) in [7, 11) is 0. The minimum Gasteiger partial charge on any atom is -0.490 e. The van der Waals surface area contributed by atoms with Crippen LogP contribution in [-0.4, -0.2) is 25.1 Å². The Morgan fingerprint density at radius 3 is 2.71 bits per heavy atom. The third-order valence-electron chi connectivity index (χ3n) is 3.55. The van der Waals surface area contributed by atoms with Gasteiger partial charge in [-0.1, -0.05) is 35.9 Å².